The lowest BCUT2D eigenvalue weighted by atomic mass is 9.97. The highest BCUT2D eigenvalue weighted by atomic mass is 32.2. The smallest absolute Gasteiger partial charge is 0.0391 e. The standard InChI is InChI=1S/C22H20S4/c1-13-9-17-19(11-15-5-3-7-23-15)22-18(10-14(2)26-22)20(21(17)25-13)12-16-6-4-8-24-16/h3,5-7,9-10H,4,8,11-12H2,1-2H3. The zero-order valence-corrected chi connectivity index (χ0v) is 18.2. The number of allylic oxidation sites excluding steroid dienone is 2. The number of hydrogen-bond acceptors (Lipinski definition) is 4. The second-order valence-electron chi connectivity index (χ2n) is 6.90. The number of aryl methyl sites for hydroxylation is 2. The molecule has 132 valence electrons. The lowest BCUT2D eigenvalue weighted by Gasteiger charge is -2.11. The van der Waals surface area contributed by atoms with Crippen molar-refractivity contribution < 1.29 is 0 Å². The predicted octanol–water partition coefficient (Wildman–Crippen LogP) is 7.95. The average Bonchev–Trinajstić information content (AvgIpc) is 3.37. The van der Waals surface area contributed by atoms with E-state index in [2.05, 4.69) is 49.6 Å². The summed E-state index contributed by atoms with van der Waals surface area (Å²) in [5.74, 6) is 1.25. The molecular weight excluding hydrogens is 393 g/mol. The fourth-order valence-electron chi connectivity index (χ4n) is 3.87. The van der Waals surface area contributed by atoms with Crippen molar-refractivity contribution in [3.05, 3.63) is 66.4 Å². The van der Waals surface area contributed by atoms with Crippen LogP contribution in [0.1, 0.15) is 32.2 Å². The third kappa shape index (κ3) is 2.97. The Bertz CT molecular complexity index is 1060. The van der Waals surface area contributed by atoms with Gasteiger partial charge >= 0.3 is 0 Å². The number of thioether (sulfide) groups is 1. The zero-order valence-electron chi connectivity index (χ0n) is 14.9. The Morgan fingerprint density at radius 3 is 2.19 bits per heavy atom. The summed E-state index contributed by atoms with van der Waals surface area (Å²) in [5, 5.41) is 5.19. The van der Waals surface area contributed by atoms with Crippen molar-refractivity contribution in [2.45, 2.75) is 33.1 Å². The molecule has 4 heteroatoms. The summed E-state index contributed by atoms with van der Waals surface area (Å²) >= 11 is 7.89. The van der Waals surface area contributed by atoms with Crippen LogP contribution < -0.4 is 0 Å². The molecular formula is C22H20S4. The summed E-state index contributed by atoms with van der Waals surface area (Å²) in [4.78, 5) is 5.88. The molecule has 0 aliphatic carbocycles. The van der Waals surface area contributed by atoms with E-state index in [9.17, 15) is 0 Å². The molecule has 26 heavy (non-hydrogen) atoms. The summed E-state index contributed by atoms with van der Waals surface area (Å²) in [5.41, 5.74) is 3.10. The second kappa shape index (κ2) is 6.83. The highest BCUT2D eigenvalue weighted by molar-refractivity contribution is 8.03. The van der Waals surface area contributed by atoms with Crippen LogP contribution in [-0.2, 0) is 12.8 Å². The summed E-state index contributed by atoms with van der Waals surface area (Å²) < 4.78 is 3.03. The molecule has 0 saturated carbocycles. The molecule has 0 radical (unpaired) electrons. The molecule has 0 fully saturated rings. The Balaban J connectivity index is 1.78. The highest BCUT2D eigenvalue weighted by Gasteiger charge is 2.20. The number of rotatable bonds is 4. The van der Waals surface area contributed by atoms with Gasteiger partial charge in [-0.3, -0.25) is 0 Å². The largest absolute Gasteiger partial charge is 0.149 e. The number of benzene rings is 1. The summed E-state index contributed by atoms with van der Waals surface area (Å²) in [7, 11) is 0. The van der Waals surface area contributed by atoms with Gasteiger partial charge in [0, 0.05) is 42.6 Å². The summed E-state index contributed by atoms with van der Waals surface area (Å²) in [6.45, 7) is 4.51. The fourth-order valence-corrected chi connectivity index (χ4v) is 7.76. The Kier molecular flexibility index (Phi) is 4.48. The predicted molar refractivity (Wildman–Crippen MR) is 123 cm³/mol. The number of thiophene rings is 3. The number of fused-ring (bicyclic) bond motifs is 2. The van der Waals surface area contributed by atoms with Gasteiger partial charge in [0.05, 0.1) is 0 Å². The van der Waals surface area contributed by atoms with Gasteiger partial charge in [-0.25, -0.2) is 0 Å². The van der Waals surface area contributed by atoms with Crippen LogP contribution in [0.15, 0.2) is 40.6 Å². The molecule has 0 atom stereocenters. The molecule has 0 unspecified atom stereocenters. The van der Waals surface area contributed by atoms with E-state index in [4.69, 9.17) is 0 Å². The average molecular weight is 413 g/mol. The molecule has 4 heterocycles. The van der Waals surface area contributed by atoms with Crippen molar-refractivity contribution in [3.63, 3.8) is 0 Å². The van der Waals surface area contributed by atoms with Gasteiger partial charge in [-0.1, -0.05) is 12.1 Å². The molecule has 0 N–H and O–H groups in total. The Morgan fingerprint density at radius 1 is 0.923 bits per heavy atom. The van der Waals surface area contributed by atoms with Crippen LogP contribution in [-0.4, -0.2) is 5.75 Å². The SMILES string of the molecule is Cc1cc2c(Cc3cccs3)c3sc(C)cc3c(CC3=CCCS3)c2s1. The quantitative estimate of drug-likeness (QED) is 0.328. The molecule has 0 amide bonds. The monoisotopic (exact) mass is 412 g/mol. The van der Waals surface area contributed by atoms with Gasteiger partial charge in [0.15, 0.2) is 0 Å². The Morgan fingerprint density at radius 2 is 1.62 bits per heavy atom. The first-order chi connectivity index (χ1) is 12.7. The van der Waals surface area contributed by atoms with E-state index >= 15 is 0 Å². The van der Waals surface area contributed by atoms with Gasteiger partial charge in [0.2, 0.25) is 0 Å². The summed E-state index contributed by atoms with van der Waals surface area (Å²) in [6.07, 6.45) is 5.84. The minimum Gasteiger partial charge on any atom is -0.149 e. The van der Waals surface area contributed by atoms with Gasteiger partial charge in [0.25, 0.3) is 0 Å². The molecule has 0 spiro atoms. The Hall–Kier alpha value is -1.07. The van der Waals surface area contributed by atoms with Gasteiger partial charge in [-0.05, 0) is 70.7 Å². The minimum atomic E-state index is 1.05. The third-order valence-corrected chi connectivity index (χ3v) is 9.19. The van der Waals surface area contributed by atoms with E-state index in [0.717, 1.165) is 12.8 Å². The molecule has 0 nitrogen and oxygen atoms in total. The normalized spacial score (nSPS) is 14.6. The van der Waals surface area contributed by atoms with Gasteiger partial charge < -0.3 is 0 Å². The van der Waals surface area contributed by atoms with Crippen LogP contribution in [0.25, 0.3) is 20.2 Å². The van der Waals surface area contributed by atoms with Crippen molar-refractivity contribution in [2.75, 3.05) is 5.75 Å². The zero-order chi connectivity index (χ0) is 17.7. The van der Waals surface area contributed by atoms with Crippen molar-refractivity contribution in [1.29, 1.82) is 0 Å². The van der Waals surface area contributed by atoms with Gasteiger partial charge in [-0.2, -0.15) is 0 Å². The van der Waals surface area contributed by atoms with E-state index in [1.54, 1.807) is 10.5 Å². The lowest BCUT2D eigenvalue weighted by molar-refractivity contribution is 1.23. The van der Waals surface area contributed by atoms with Crippen LogP contribution >= 0.6 is 45.8 Å². The summed E-state index contributed by atoms with van der Waals surface area (Å²) in [6, 6.07) is 9.31. The highest BCUT2D eigenvalue weighted by Crippen LogP contribution is 2.44. The Labute approximate surface area is 170 Å². The molecule has 1 aliphatic heterocycles. The van der Waals surface area contributed by atoms with E-state index in [0.29, 0.717) is 0 Å². The molecule has 5 rings (SSSR count). The van der Waals surface area contributed by atoms with Crippen molar-refractivity contribution in [3.8, 4) is 0 Å². The van der Waals surface area contributed by atoms with Crippen LogP contribution in [0.4, 0.5) is 0 Å². The molecule has 0 saturated heterocycles. The third-order valence-electron chi connectivity index (χ3n) is 4.97. The van der Waals surface area contributed by atoms with Gasteiger partial charge in [-0.15, -0.1) is 45.8 Å². The minimum absolute atomic E-state index is 1.05. The van der Waals surface area contributed by atoms with E-state index < -0.39 is 0 Å². The number of hydrogen-bond donors (Lipinski definition) is 0. The van der Waals surface area contributed by atoms with E-state index in [-0.39, 0.29) is 0 Å². The molecule has 0 bridgehead atoms. The van der Waals surface area contributed by atoms with Gasteiger partial charge in [0.1, 0.15) is 0 Å². The van der Waals surface area contributed by atoms with Crippen molar-refractivity contribution in [1.82, 2.24) is 0 Å². The van der Waals surface area contributed by atoms with Crippen LogP contribution in [0.5, 0.6) is 0 Å². The second-order valence-corrected chi connectivity index (χ2v) is 11.7. The topological polar surface area (TPSA) is 0 Å². The van der Waals surface area contributed by atoms with E-state index in [1.165, 1.54) is 52.5 Å². The first-order valence-corrected chi connectivity index (χ1v) is 12.5. The molecule has 3 aromatic heterocycles. The van der Waals surface area contributed by atoms with Crippen LogP contribution in [0, 0.1) is 13.8 Å². The first-order valence-electron chi connectivity index (χ1n) is 8.97. The van der Waals surface area contributed by atoms with Crippen molar-refractivity contribution >= 4 is 65.9 Å². The molecule has 4 aromatic rings. The van der Waals surface area contributed by atoms with Crippen LogP contribution in [0.2, 0.25) is 0 Å². The maximum absolute atomic E-state index is 2.45. The molecule has 1 aromatic carbocycles. The fraction of sp³-hybridized carbons (Fsp3) is 0.273. The van der Waals surface area contributed by atoms with Crippen LogP contribution in [0.3, 0.4) is 0 Å². The first kappa shape index (κ1) is 17.1. The maximum Gasteiger partial charge on any atom is 0.0391 e. The lowest BCUT2D eigenvalue weighted by Crippen LogP contribution is -1.93. The molecule has 1 aliphatic rings. The van der Waals surface area contributed by atoms with E-state index in [1.807, 2.05) is 45.8 Å². The maximum atomic E-state index is 2.45. The van der Waals surface area contributed by atoms with Crippen molar-refractivity contribution in [2.24, 2.45) is 0 Å².